The lowest BCUT2D eigenvalue weighted by atomic mass is 9.83. The first-order valence-corrected chi connectivity index (χ1v) is 8.29. The van der Waals surface area contributed by atoms with Gasteiger partial charge in [0.05, 0.1) is 0 Å². The molecule has 0 aromatic carbocycles. The van der Waals surface area contributed by atoms with Crippen LogP contribution >= 0.6 is 12.4 Å². The largest absolute Gasteiger partial charge is 0.396 e. The number of hydrogen-bond donors (Lipinski definition) is 3. The summed E-state index contributed by atoms with van der Waals surface area (Å²) in [6.07, 6.45) is 9.06. The van der Waals surface area contributed by atoms with Crippen molar-refractivity contribution in [2.24, 2.45) is 16.7 Å². The summed E-state index contributed by atoms with van der Waals surface area (Å²) in [6, 6.07) is 0. The third-order valence-corrected chi connectivity index (χ3v) is 6.05. The molecule has 1 aliphatic heterocycles. The Balaban J connectivity index is 0.00000161. The number of carbonyl (C=O) groups excluding carboxylic acids is 1. The number of amides is 1. The van der Waals surface area contributed by atoms with E-state index in [0.29, 0.717) is 5.41 Å². The zero-order valence-electron chi connectivity index (χ0n) is 12.8. The van der Waals surface area contributed by atoms with Crippen LogP contribution in [0, 0.1) is 16.7 Å². The molecule has 122 valence electrons. The van der Waals surface area contributed by atoms with Gasteiger partial charge in [-0.2, -0.15) is 0 Å². The fourth-order valence-corrected chi connectivity index (χ4v) is 4.47. The van der Waals surface area contributed by atoms with Crippen molar-refractivity contribution >= 4 is 18.3 Å². The summed E-state index contributed by atoms with van der Waals surface area (Å²) in [5.41, 5.74) is 0.510. The standard InChI is InChI=1S/C16H28N2O2.ClH/c19-10-7-15(3-1-2-4-15)12-18-14(20)13-11-16(13)5-8-17-9-6-16;/h13,17,19H,1-12H2,(H,18,20);1H. The Morgan fingerprint density at radius 3 is 2.48 bits per heavy atom. The maximum absolute atomic E-state index is 12.4. The molecule has 1 unspecified atom stereocenters. The number of aliphatic hydroxyl groups excluding tert-OH is 1. The molecule has 3 aliphatic rings. The van der Waals surface area contributed by atoms with Crippen LogP contribution < -0.4 is 10.6 Å². The average Bonchev–Trinajstić information content (AvgIpc) is 2.95. The Hall–Kier alpha value is -0.320. The van der Waals surface area contributed by atoms with Crippen LogP contribution in [-0.2, 0) is 4.79 Å². The van der Waals surface area contributed by atoms with Crippen LogP contribution in [0.4, 0.5) is 0 Å². The van der Waals surface area contributed by atoms with Crippen molar-refractivity contribution in [2.45, 2.75) is 51.4 Å². The lowest BCUT2D eigenvalue weighted by molar-refractivity contribution is -0.123. The molecule has 21 heavy (non-hydrogen) atoms. The molecule has 0 aromatic rings. The molecular formula is C16H29ClN2O2. The van der Waals surface area contributed by atoms with Gasteiger partial charge in [-0.15, -0.1) is 12.4 Å². The van der Waals surface area contributed by atoms with Crippen molar-refractivity contribution in [3.63, 3.8) is 0 Å². The van der Waals surface area contributed by atoms with Crippen LogP contribution in [0.15, 0.2) is 0 Å². The Morgan fingerprint density at radius 1 is 1.19 bits per heavy atom. The number of hydrogen-bond acceptors (Lipinski definition) is 3. The topological polar surface area (TPSA) is 61.4 Å². The van der Waals surface area contributed by atoms with Gasteiger partial charge in [0, 0.05) is 19.1 Å². The molecule has 3 rings (SSSR count). The van der Waals surface area contributed by atoms with Crippen molar-refractivity contribution in [3.05, 3.63) is 0 Å². The normalized spacial score (nSPS) is 28.9. The van der Waals surface area contributed by atoms with E-state index in [-0.39, 0.29) is 36.3 Å². The molecule has 1 saturated heterocycles. The van der Waals surface area contributed by atoms with Crippen LogP contribution in [0.3, 0.4) is 0 Å². The summed E-state index contributed by atoms with van der Waals surface area (Å²) >= 11 is 0. The van der Waals surface area contributed by atoms with E-state index in [2.05, 4.69) is 10.6 Å². The van der Waals surface area contributed by atoms with Gasteiger partial charge < -0.3 is 15.7 Å². The fourth-order valence-electron chi connectivity index (χ4n) is 4.47. The first kappa shape index (κ1) is 17.0. The van der Waals surface area contributed by atoms with E-state index in [4.69, 9.17) is 0 Å². The second-order valence-electron chi connectivity index (χ2n) is 7.27. The van der Waals surface area contributed by atoms with E-state index in [9.17, 15) is 9.90 Å². The average molecular weight is 317 g/mol. The molecule has 3 fully saturated rings. The minimum absolute atomic E-state index is 0. The van der Waals surface area contributed by atoms with Crippen molar-refractivity contribution in [2.75, 3.05) is 26.2 Å². The second kappa shape index (κ2) is 6.84. The van der Waals surface area contributed by atoms with Gasteiger partial charge in [-0.1, -0.05) is 12.8 Å². The maximum atomic E-state index is 12.4. The van der Waals surface area contributed by atoms with Gasteiger partial charge in [-0.25, -0.2) is 0 Å². The minimum atomic E-state index is 0. The summed E-state index contributed by atoms with van der Waals surface area (Å²) in [6.45, 7) is 3.16. The van der Waals surface area contributed by atoms with E-state index >= 15 is 0 Å². The number of carbonyl (C=O) groups is 1. The summed E-state index contributed by atoms with van der Waals surface area (Å²) in [7, 11) is 0. The first-order valence-electron chi connectivity index (χ1n) is 8.29. The van der Waals surface area contributed by atoms with Crippen molar-refractivity contribution in [1.29, 1.82) is 0 Å². The molecule has 1 spiro atoms. The van der Waals surface area contributed by atoms with Gasteiger partial charge >= 0.3 is 0 Å². The quantitative estimate of drug-likeness (QED) is 0.725. The molecule has 2 aliphatic carbocycles. The number of piperidine rings is 1. The Labute approximate surface area is 133 Å². The SMILES string of the molecule is Cl.O=C(NCC1(CCO)CCCC1)C1CC12CCNCC2. The monoisotopic (exact) mass is 316 g/mol. The predicted molar refractivity (Wildman–Crippen MR) is 85.5 cm³/mol. The lowest BCUT2D eigenvalue weighted by Gasteiger charge is -2.29. The third-order valence-electron chi connectivity index (χ3n) is 6.05. The highest BCUT2D eigenvalue weighted by molar-refractivity contribution is 5.85. The third kappa shape index (κ3) is 3.54. The number of aliphatic hydroxyl groups is 1. The molecule has 5 heteroatoms. The van der Waals surface area contributed by atoms with E-state index in [0.717, 1.165) is 58.2 Å². The molecule has 0 bridgehead atoms. The van der Waals surface area contributed by atoms with Gasteiger partial charge in [0.15, 0.2) is 0 Å². The van der Waals surface area contributed by atoms with E-state index < -0.39 is 0 Å². The molecule has 3 N–H and O–H groups in total. The van der Waals surface area contributed by atoms with E-state index in [1.54, 1.807) is 0 Å². The highest BCUT2D eigenvalue weighted by atomic mass is 35.5. The highest BCUT2D eigenvalue weighted by Gasteiger charge is 2.57. The fraction of sp³-hybridized carbons (Fsp3) is 0.938. The molecule has 2 saturated carbocycles. The minimum Gasteiger partial charge on any atom is -0.396 e. The van der Waals surface area contributed by atoms with Gasteiger partial charge in [0.1, 0.15) is 0 Å². The maximum Gasteiger partial charge on any atom is 0.223 e. The smallest absolute Gasteiger partial charge is 0.223 e. The van der Waals surface area contributed by atoms with Crippen molar-refractivity contribution in [1.82, 2.24) is 10.6 Å². The molecule has 0 aromatic heterocycles. The molecule has 1 heterocycles. The summed E-state index contributed by atoms with van der Waals surface area (Å²) < 4.78 is 0. The first-order chi connectivity index (χ1) is 9.70. The molecule has 1 amide bonds. The lowest BCUT2D eigenvalue weighted by Crippen LogP contribution is -2.39. The van der Waals surface area contributed by atoms with Crippen molar-refractivity contribution < 1.29 is 9.90 Å². The van der Waals surface area contributed by atoms with Gasteiger partial charge in [-0.3, -0.25) is 4.79 Å². The zero-order valence-corrected chi connectivity index (χ0v) is 13.6. The molecule has 1 atom stereocenters. The highest BCUT2D eigenvalue weighted by Crippen LogP contribution is 2.58. The Kier molecular flexibility index (Phi) is 5.55. The molecule has 0 radical (unpaired) electrons. The van der Waals surface area contributed by atoms with Crippen LogP contribution in [0.25, 0.3) is 0 Å². The predicted octanol–water partition coefficient (Wildman–Crippen LogP) is 1.86. The number of rotatable bonds is 5. The molecular weight excluding hydrogens is 288 g/mol. The van der Waals surface area contributed by atoms with E-state index in [1.807, 2.05) is 0 Å². The summed E-state index contributed by atoms with van der Waals surface area (Å²) in [5, 5.41) is 15.9. The zero-order chi connectivity index (χ0) is 14.1. The van der Waals surface area contributed by atoms with Crippen LogP contribution in [-0.4, -0.2) is 37.3 Å². The Bertz CT molecular complexity index is 363. The summed E-state index contributed by atoms with van der Waals surface area (Å²) in [5.74, 6) is 0.535. The summed E-state index contributed by atoms with van der Waals surface area (Å²) in [4.78, 5) is 12.4. The Morgan fingerprint density at radius 2 is 1.86 bits per heavy atom. The van der Waals surface area contributed by atoms with Gasteiger partial charge in [0.25, 0.3) is 0 Å². The molecule has 4 nitrogen and oxygen atoms in total. The van der Waals surface area contributed by atoms with Crippen LogP contribution in [0.1, 0.15) is 51.4 Å². The van der Waals surface area contributed by atoms with Gasteiger partial charge in [-0.05, 0) is 62.4 Å². The number of halogens is 1. The van der Waals surface area contributed by atoms with Crippen molar-refractivity contribution in [3.8, 4) is 0 Å². The van der Waals surface area contributed by atoms with E-state index in [1.165, 1.54) is 12.8 Å². The van der Waals surface area contributed by atoms with Crippen LogP contribution in [0.5, 0.6) is 0 Å². The van der Waals surface area contributed by atoms with Crippen LogP contribution in [0.2, 0.25) is 0 Å². The van der Waals surface area contributed by atoms with Gasteiger partial charge in [0.2, 0.25) is 5.91 Å². The number of nitrogens with one attached hydrogen (secondary N) is 2. The second-order valence-corrected chi connectivity index (χ2v) is 7.27.